The molecule has 0 heterocycles. The van der Waals surface area contributed by atoms with Crippen LogP contribution in [0.5, 0.6) is 0 Å². The van der Waals surface area contributed by atoms with E-state index >= 15 is 0 Å². The van der Waals surface area contributed by atoms with Crippen LogP contribution in [0.2, 0.25) is 0 Å². The van der Waals surface area contributed by atoms with Crippen molar-refractivity contribution in [1.82, 2.24) is 0 Å². The van der Waals surface area contributed by atoms with Crippen LogP contribution in [0.4, 0.5) is 8.78 Å². The lowest BCUT2D eigenvalue weighted by Crippen LogP contribution is -1.96. The van der Waals surface area contributed by atoms with E-state index in [1.807, 2.05) is 0 Å². The first-order valence-corrected chi connectivity index (χ1v) is 8.53. The largest absolute Gasteiger partial charge is 0.278 e. The van der Waals surface area contributed by atoms with Gasteiger partial charge >= 0.3 is 0 Å². The second kappa shape index (κ2) is 10.6. The summed E-state index contributed by atoms with van der Waals surface area (Å²) in [6.07, 6.45) is 7.97. The summed E-state index contributed by atoms with van der Waals surface area (Å²) in [6.45, 7) is -0.236. The molecule has 17 heavy (non-hydrogen) atoms. The molecule has 0 aromatic carbocycles. The average molecular weight is 382 g/mol. The Morgan fingerprint density at radius 3 is 1.82 bits per heavy atom. The smallest absolute Gasteiger partial charge is 0.0922 e. The molecule has 0 amide bonds. The van der Waals surface area contributed by atoms with Crippen LogP contribution in [-0.2, 0) is 0 Å². The second-order valence-electron chi connectivity index (χ2n) is 4.84. The molecule has 2 fully saturated rings. The van der Waals surface area contributed by atoms with E-state index in [0.717, 1.165) is 32.1 Å². The van der Waals surface area contributed by atoms with Crippen LogP contribution in [-0.4, -0.2) is 17.3 Å². The van der Waals surface area contributed by atoms with Gasteiger partial charge in [-0.25, -0.2) is 0 Å². The Bertz CT molecular complexity index is 201. The molecule has 0 spiro atoms. The quantitative estimate of drug-likeness (QED) is 0.498. The third kappa shape index (κ3) is 6.99. The lowest BCUT2D eigenvalue weighted by Gasteiger charge is -1.99. The zero-order chi connectivity index (χ0) is 11.8. The van der Waals surface area contributed by atoms with E-state index in [9.17, 15) is 8.78 Å². The minimum absolute atomic E-state index is 0. The highest BCUT2D eigenvalue weighted by Gasteiger charge is 2.22. The predicted octanol–water partition coefficient (Wildman–Crippen LogP) is 5.43. The van der Waals surface area contributed by atoms with Crippen LogP contribution in [0.15, 0.2) is 0 Å². The third-order valence-corrected chi connectivity index (χ3v) is 5.55. The van der Waals surface area contributed by atoms with E-state index in [2.05, 4.69) is 0 Å². The third-order valence-electron chi connectivity index (χ3n) is 3.54. The number of alkyl halides is 3. The van der Waals surface area contributed by atoms with Crippen LogP contribution in [0.25, 0.3) is 0 Å². The van der Waals surface area contributed by atoms with Crippen molar-refractivity contribution in [3.05, 3.63) is 0 Å². The lowest BCUT2D eigenvalue weighted by atomic mass is 10.1. The number of hydrogen-bond donors (Lipinski definition) is 1. The highest BCUT2D eigenvalue weighted by Crippen LogP contribution is 2.33. The van der Waals surface area contributed by atoms with Gasteiger partial charge in [-0.1, -0.05) is 12.8 Å². The summed E-state index contributed by atoms with van der Waals surface area (Å²) < 4.78 is 31.4. The van der Waals surface area contributed by atoms with Gasteiger partial charge in [0.25, 0.3) is 0 Å². The molecule has 0 saturated heterocycles. The molecule has 1 nitrogen and oxygen atoms in total. The summed E-state index contributed by atoms with van der Waals surface area (Å²) in [5, 5.41) is 0. The Labute approximate surface area is 119 Å². The lowest BCUT2D eigenvalue weighted by molar-refractivity contribution is 0.368. The molecule has 1 N–H and O–H groups in total. The number of halogens is 4. The molecular weight excluding hydrogens is 358 g/mol. The zero-order valence-corrected chi connectivity index (χ0v) is 13.1. The van der Waals surface area contributed by atoms with Crippen molar-refractivity contribution in [2.24, 2.45) is 11.8 Å². The first-order valence-electron chi connectivity index (χ1n) is 6.21. The highest BCUT2D eigenvalue weighted by molar-refractivity contribution is 14.1. The fraction of sp³-hybridized carbons (Fsp3) is 1.00. The molecular formula is C12H23ClF2IN. The van der Waals surface area contributed by atoms with Crippen molar-refractivity contribution in [2.45, 2.75) is 48.9 Å². The topological polar surface area (TPSA) is 23.9 Å². The van der Waals surface area contributed by atoms with Gasteiger partial charge in [-0.3, -0.25) is 12.3 Å². The maximum absolute atomic E-state index is 12.0. The SMILES string of the molecule is Cl.FCC1CCCC1.N=IC1CC[C@@H](CF)C1. The van der Waals surface area contributed by atoms with Crippen molar-refractivity contribution in [1.29, 1.82) is 3.56 Å². The monoisotopic (exact) mass is 381 g/mol. The molecule has 2 rings (SSSR count). The Morgan fingerprint density at radius 1 is 0.941 bits per heavy atom. The zero-order valence-electron chi connectivity index (χ0n) is 10.1. The van der Waals surface area contributed by atoms with Gasteiger partial charge in [0.1, 0.15) is 0 Å². The second-order valence-corrected chi connectivity index (χ2v) is 7.23. The van der Waals surface area contributed by atoms with Crippen molar-refractivity contribution in [3.8, 4) is 0 Å². The van der Waals surface area contributed by atoms with E-state index in [-0.39, 0.29) is 46.8 Å². The summed E-state index contributed by atoms with van der Waals surface area (Å²) in [7, 11) is 0. The summed E-state index contributed by atoms with van der Waals surface area (Å²) in [5.74, 6) is 0.750. The molecule has 104 valence electrons. The maximum atomic E-state index is 12.0. The Hall–Kier alpha value is 0.680. The van der Waals surface area contributed by atoms with Crippen LogP contribution < -0.4 is 0 Å². The first kappa shape index (κ1) is 17.7. The molecule has 1 unspecified atom stereocenters. The molecule has 0 aromatic heterocycles. The van der Waals surface area contributed by atoms with Gasteiger partial charge in [-0.15, -0.1) is 12.4 Å². The van der Waals surface area contributed by atoms with Crippen LogP contribution in [0.3, 0.4) is 0 Å². The van der Waals surface area contributed by atoms with Crippen molar-refractivity contribution in [2.75, 3.05) is 13.3 Å². The van der Waals surface area contributed by atoms with Gasteiger partial charge in [0.2, 0.25) is 0 Å². The Balaban J connectivity index is 0.000000292. The minimum atomic E-state index is -0.346. The fourth-order valence-corrected chi connectivity index (χ4v) is 4.06. The highest BCUT2D eigenvalue weighted by atomic mass is 127. The summed E-state index contributed by atoms with van der Waals surface area (Å²) in [6, 6.07) is 0. The average Bonchev–Trinajstić information content (AvgIpc) is 3.00. The first-order chi connectivity index (χ1) is 7.80. The summed E-state index contributed by atoms with van der Waals surface area (Å²) in [5.41, 5.74) is 0. The van der Waals surface area contributed by atoms with E-state index < -0.39 is 0 Å². The summed E-state index contributed by atoms with van der Waals surface area (Å²) in [4.78, 5) is 0. The molecule has 0 bridgehead atoms. The normalized spacial score (nSPS) is 28.4. The van der Waals surface area contributed by atoms with Gasteiger partial charge in [-0.05, 0) is 65.0 Å². The van der Waals surface area contributed by atoms with Gasteiger partial charge < -0.3 is 0 Å². The summed E-state index contributed by atoms with van der Waals surface area (Å²) >= 11 is -0.346. The molecule has 0 aromatic rings. The van der Waals surface area contributed by atoms with E-state index in [0.29, 0.717) is 15.8 Å². The van der Waals surface area contributed by atoms with E-state index in [1.165, 1.54) is 12.8 Å². The van der Waals surface area contributed by atoms with E-state index in [1.54, 1.807) is 0 Å². The molecule has 5 heteroatoms. The van der Waals surface area contributed by atoms with Crippen LogP contribution >= 0.6 is 33.4 Å². The number of rotatable bonds is 3. The number of hydrogen-bond acceptors (Lipinski definition) is 1. The van der Waals surface area contributed by atoms with E-state index in [4.69, 9.17) is 3.56 Å². The molecule has 0 radical (unpaired) electrons. The standard InChI is InChI=1S/C6H11FIN.C6H11F.ClH/c7-4-5-1-2-6(3-5)8-9;7-5-6-3-1-2-4-6;/h5-6,9H,1-4H2;6H,1-5H2;1H/t5-,6?;;/m1../s1. The van der Waals surface area contributed by atoms with Gasteiger partial charge in [0.15, 0.2) is 0 Å². The van der Waals surface area contributed by atoms with Gasteiger partial charge in [0.05, 0.1) is 13.3 Å². The van der Waals surface area contributed by atoms with Crippen LogP contribution in [0, 0.1) is 15.4 Å². The number of nitrogens with one attached hydrogen (secondary N) is 1. The fourth-order valence-electron chi connectivity index (χ4n) is 2.42. The molecule has 2 aliphatic carbocycles. The maximum Gasteiger partial charge on any atom is 0.0922 e. The molecule has 0 aliphatic heterocycles. The Morgan fingerprint density at radius 2 is 1.53 bits per heavy atom. The predicted molar refractivity (Wildman–Crippen MR) is 79.0 cm³/mol. The molecule has 2 saturated carbocycles. The van der Waals surface area contributed by atoms with Crippen molar-refractivity contribution >= 4 is 33.4 Å². The molecule has 2 aliphatic rings. The minimum Gasteiger partial charge on any atom is -0.278 e. The van der Waals surface area contributed by atoms with Gasteiger partial charge in [0, 0.05) is 3.92 Å². The van der Waals surface area contributed by atoms with Gasteiger partial charge in [-0.2, -0.15) is 0 Å². The van der Waals surface area contributed by atoms with Crippen LogP contribution in [0.1, 0.15) is 44.9 Å². The Kier molecular flexibility index (Phi) is 11.0. The molecule has 2 atom stereocenters. The van der Waals surface area contributed by atoms with Crippen molar-refractivity contribution < 1.29 is 8.78 Å². The van der Waals surface area contributed by atoms with Crippen molar-refractivity contribution in [3.63, 3.8) is 0 Å².